The average molecular weight is 385 g/mol. The van der Waals surface area contributed by atoms with Gasteiger partial charge in [-0.1, -0.05) is 23.7 Å². The summed E-state index contributed by atoms with van der Waals surface area (Å²) in [6.45, 7) is 0. The van der Waals surface area contributed by atoms with Gasteiger partial charge in [-0.05, 0) is 30.6 Å². The summed E-state index contributed by atoms with van der Waals surface area (Å²) in [5.41, 5.74) is 1.55. The van der Waals surface area contributed by atoms with Gasteiger partial charge in [0.15, 0.2) is 0 Å². The van der Waals surface area contributed by atoms with E-state index < -0.39 is 12.0 Å². The van der Waals surface area contributed by atoms with Crippen LogP contribution in [-0.4, -0.2) is 40.0 Å². The number of carbonyl (C=O) groups is 2. The van der Waals surface area contributed by atoms with Crippen molar-refractivity contribution in [2.24, 2.45) is 0 Å². The van der Waals surface area contributed by atoms with Crippen LogP contribution >= 0.6 is 34.7 Å². The molecule has 2 aromatic rings. The van der Waals surface area contributed by atoms with Crippen LogP contribution < -0.4 is 5.32 Å². The number of benzene rings is 1. The van der Waals surface area contributed by atoms with Crippen LogP contribution in [0.2, 0.25) is 5.02 Å². The number of carboxylic acids is 1. The van der Waals surface area contributed by atoms with Crippen LogP contribution in [0.1, 0.15) is 12.1 Å². The molecule has 1 heterocycles. The number of aliphatic carboxylic acids is 1. The van der Waals surface area contributed by atoms with E-state index in [1.54, 1.807) is 29.3 Å². The van der Waals surface area contributed by atoms with Crippen LogP contribution in [0.4, 0.5) is 0 Å². The van der Waals surface area contributed by atoms with E-state index in [1.807, 2.05) is 18.4 Å². The van der Waals surface area contributed by atoms with Gasteiger partial charge in [-0.2, -0.15) is 11.8 Å². The molecular weight excluding hydrogens is 368 g/mol. The molecule has 0 fully saturated rings. The Morgan fingerprint density at radius 2 is 2.08 bits per heavy atom. The first-order valence-corrected chi connectivity index (χ1v) is 9.86. The molecule has 8 heteroatoms. The number of thioether (sulfide) groups is 1. The van der Waals surface area contributed by atoms with Crippen LogP contribution in [0.25, 0.3) is 10.6 Å². The van der Waals surface area contributed by atoms with Crippen molar-refractivity contribution in [3.8, 4) is 10.6 Å². The molecule has 0 aliphatic rings. The second-order valence-electron chi connectivity index (χ2n) is 5.07. The molecule has 1 amide bonds. The third-order valence-electron chi connectivity index (χ3n) is 3.23. The zero-order chi connectivity index (χ0) is 17.5. The normalized spacial score (nSPS) is 11.9. The quantitative estimate of drug-likeness (QED) is 0.729. The molecular formula is C16H17ClN2O3S2. The summed E-state index contributed by atoms with van der Waals surface area (Å²) in [5.74, 6) is -0.678. The predicted octanol–water partition coefficient (Wildman–Crippen LogP) is 3.33. The van der Waals surface area contributed by atoms with Crippen LogP contribution in [0, 0.1) is 0 Å². The van der Waals surface area contributed by atoms with Crippen molar-refractivity contribution in [1.29, 1.82) is 0 Å². The number of nitrogens with one attached hydrogen (secondary N) is 1. The lowest BCUT2D eigenvalue weighted by Gasteiger charge is -2.13. The molecule has 128 valence electrons. The van der Waals surface area contributed by atoms with E-state index in [2.05, 4.69) is 10.3 Å². The second kappa shape index (κ2) is 9.05. The molecule has 1 aromatic heterocycles. The van der Waals surface area contributed by atoms with Gasteiger partial charge in [-0.25, -0.2) is 9.78 Å². The summed E-state index contributed by atoms with van der Waals surface area (Å²) in [6.07, 6.45) is 2.36. The van der Waals surface area contributed by atoms with Crippen molar-refractivity contribution < 1.29 is 14.7 Å². The summed E-state index contributed by atoms with van der Waals surface area (Å²) in [7, 11) is 0. The van der Waals surface area contributed by atoms with Crippen LogP contribution in [-0.2, 0) is 16.0 Å². The minimum absolute atomic E-state index is 0.0626. The number of carboxylic acid groups (broad SMARTS) is 1. The zero-order valence-corrected chi connectivity index (χ0v) is 15.4. The fraction of sp³-hybridized carbons (Fsp3) is 0.312. The van der Waals surface area contributed by atoms with Crippen LogP contribution in [0.3, 0.4) is 0 Å². The predicted molar refractivity (Wildman–Crippen MR) is 98.8 cm³/mol. The van der Waals surface area contributed by atoms with Gasteiger partial charge in [-0.15, -0.1) is 11.3 Å². The Morgan fingerprint density at radius 3 is 2.71 bits per heavy atom. The molecule has 0 aliphatic carbocycles. The van der Waals surface area contributed by atoms with E-state index in [1.165, 1.54) is 11.3 Å². The van der Waals surface area contributed by atoms with Crippen molar-refractivity contribution in [1.82, 2.24) is 10.3 Å². The lowest BCUT2D eigenvalue weighted by molar-refractivity contribution is -0.141. The van der Waals surface area contributed by atoms with Gasteiger partial charge >= 0.3 is 5.97 Å². The Bertz CT molecular complexity index is 704. The first-order chi connectivity index (χ1) is 11.5. The summed E-state index contributed by atoms with van der Waals surface area (Å²) >= 11 is 8.85. The SMILES string of the molecule is CSCC[C@@H](NC(=O)Cc1csc(-c2ccc(Cl)cc2)n1)C(=O)O. The van der Waals surface area contributed by atoms with Gasteiger partial charge in [-0.3, -0.25) is 4.79 Å². The molecule has 0 aliphatic heterocycles. The largest absolute Gasteiger partial charge is 0.480 e. The van der Waals surface area contributed by atoms with Gasteiger partial charge in [0.2, 0.25) is 5.91 Å². The van der Waals surface area contributed by atoms with Gasteiger partial charge in [0.1, 0.15) is 11.0 Å². The van der Waals surface area contributed by atoms with E-state index >= 15 is 0 Å². The third-order valence-corrected chi connectivity index (χ3v) is 5.06. The van der Waals surface area contributed by atoms with Crippen LogP contribution in [0.15, 0.2) is 29.6 Å². The van der Waals surface area contributed by atoms with E-state index in [0.717, 1.165) is 10.6 Å². The van der Waals surface area contributed by atoms with E-state index in [0.29, 0.717) is 22.9 Å². The number of rotatable bonds is 8. The van der Waals surface area contributed by atoms with E-state index in [-0.39, 0.29) is 12.3 Å². The van der Waals surface area contributed by atoms with Crippen molar-refractivity contribution in [3.63, 3.8) is 0 Å². The Morgan fingerprint density at radius 1 is 1.38 bits per heavy atom. The standard InChI is InChI=1S/C16H17ClN2O3S2/c1-23-7-6-13(16(21)22)19-14(20)8-12-9-24-15(18-12)10-2-4-11(17)5-3-10/h2-5,9,13H,6-8H2,1H3,(H,19,20)(H,21,22)/t13-/m1/s1. The molecule has 0 bridgehead atoms. The number of hydrogen-bond acceptors (Lipinski definition) is 5. The molecule has 2 N–H and O–H groups in total. The van der Waals surface area contributed by atoms with E-state index in [4.69, 9.17) is 16.7 Å². The number of hydrogen-bond donors (Lipinski definition) is 2. The molecule has 24 heavy (non-hydrogen) atoms. The number of aromatic nitrogens is 1. The summed E-state index contributed by atoms with van der Waals surface area (Å²) in [5, 5.41) is 15.0. The Hall–Kier alpha value is -1.57. The molecule has 5 nitrogen and oxygen atoms in total. The van der Waals surface area contributed by atoms with Crippen molar-refractivity contribution in [2.45, 2.75) is 18.9 Å². The minimum atomic E-state index is -1.02. The highest BCUT2D eigenvalue weighted by Crippen LogP contribution is 2.25. The molecule has 0 saturated heterocycles. The Balaban J connectivity index is 1.97. The first kappa shape index (κ1) is 18.8. The fourth-order valence-corrected chi connectivity index (χ4v) is 3.44. The number of thiazole rings is 1. The number of amides is 1. The molecule has 2 rings (SSSR count). The fourth-order valence-electron chi connectivity index (χ4n) is 2.02. The van der Waals surface area contributed by atoms with Crippen LogP contribution in [0.5, 0.6) is 0 Å². The highest BCUT2D eigenvalue weighted by atomic mass is 35.5. The Kier molecular flexibility index (Phi) is 7.08. The monoisotopic (exact) mass is 384 g/mol. The maximum Gasteiger partial charge on any atom is 0.326 e. The highest BCUT2D eigenvalue weighted by molar-refractivity contribution is 7.98. The van der Waals surface area contributed by atoms with Crippen molar-refractivity contribution in [3.05, 3.63) is 40.4 Å². The first-order valence-electron chi connectivity index (χ1n) is 7.21. The van der Waals surface area contributed by atoms with Gasteiger partial charge < -0.3 is 10.4 Å². The lowest BCUT2D eigenvalue weighted by atomic mass is 10.2. The smallest absolute Gasteiger partial charge is 0.326 e. The number of nitrogens with zero attached hydrogens (tertiary/aromatic N) is 1. The maximum absolute atomic E-state index is 12.0. The van der Waals surface area contributed by atoms with Crippen molar-refractivity contribution >= 4 is 46.6 Å². The van der Waals surface area contributed by atoms with Gasteiger partial charge in [0.05, 0.1) is 12.1 Å². The average Bonchev–Trinajstić information content (AvgIpc) is 3.00. The van der Waals surface area contributed by atoms with Crippen molar-refractivity contribution in [2.75, 3.05) is 12.0 Å². The molecule has 1 atom stereocenters. The third kappa shape index (κ3) is 5.51. The molecule has 0 saturated carbocycles. The molecule has 0 unspecified atom stereocenters. The lowest BCUT2D eigenvalue weighted by Crippen LogP contribution is -2.41. The summed E-state index contributed by atoms with van der Waals surface area (Å²) in [6, 6.07) is 6.45. The van der Waals surface area contributed by atoms with E-state index in [9.17, 15) is 9.59 Å². The highest BCUT2D eigenvalue weighted by Gasteiger charge is 2.20. The van der Waals surface area contributed by atoms with Gasteiger partial charge in [0, 0.05) is 16.0 Å². The molecule has 0 spiro atoms. The topological polar surface area (TPSA) is 79.3 Å². The van der Waals surface area contributed by atoms with Gasteiger partial charge in [0.25, 0.3) is 0 Å². The number of halogens is 1. The summed E-state index contributed by atoms with van der Waals surface area (Å²) in [4.78, 5) is 27.6. The minimum Gasteiger partial charge on any atom is -0.480 e. The maximum atomic E-state index is 12.0. The molecule has 1 aromatic carbocycles. The zero-order valence-electron chi connectivity index (χ0n) is 13.0. The Labute approximate surface area is 153 Å². The number of carbonyl (C=O) groups excluding carboxylic acids is 1. The second-order valence-corrected chi connectivity index (χ2v) is 7.35. The molecule has 0 radical (unpaired) electrons. The summed E-state index contributed by atoms with van der Waals surface area (Å²) < 4.78 is 0.